The van der Waals surface area contributed by atoms with Crippen LogP contribution in [0.15, 0.2) is 24.3 Å². The minimum Gasteiger partial charge on any atom is -0.377 e. The molecule has 0 bridgehead atoms. The Morgan fingerprint density at radius 3 is 2.80 bits per heavy atom. The van der Waals surface area contributed by atoms with Gasteiger partial charge in [0.1, 0.15) is 6.61 Å². The van der Waals surface area contributed by atoms with Crippen molar-refractivity contribution in [2.75, 3.05) is 19.5 Å². The van der Waals surface area contributed by atoms with Gasteiger partial charge in [-0.2, -0.15) is 0 Å². The monoisotopic (exact) mass is 224 g/mol. The first kappa shape index (κ1) is 12.3. The molecule has 1 aromatic rings. The highest BCUT2D eigenvalue weighted by molar-refractivity contribution is 7.99. The minimum atomic E-state index is 0.149. The number of carbonyl (C=O) groups is 1. The number of hydrogen-bond donors (Lipinski definition) is 0. The molecule has 0 aliphatic heterocycles. The lowest BCUT2D eigenvalue weighted by Gasteiger charge is -2.04. The molecule has 2 nitrogen and oxygen atoms in total. The smallest absolute Gasteiger partial charge is 0.168 e. The Labute approximate surface area is 95.0 Å². The van der Waals surface area contributed by atoms with E-state index in [9.17, 15) is 4.79 Å². The van der Waals surface area contributed by atoms with E-state index in [2.05, 4.69) is 19.1 Å². The van der Waals surface area contributed by atoms with Crippen molar-refractivity contribution >= 4 is 17.5 Å². The van der Waals surface area contributed by atoms with Crippen molar-refractivity contribution in [3.05, 3.63) is 35.4 Å². The molecule has 15 heavy (non-hydrogen) atoms. The van der Waals surface area contributed by atoms with Gasteiger partial charge in [-0.3, -0.25) is 4.79 Å². The predicted octanol–water partition coefficient (Wildman–Crippen LogP) is 2.44. The average molecular weight is 224 g/mol. The summed E-state index contributed by atoms with van der Waals surface area (Å²) in [6, 6.07) is 8.25. The van der Waals surface area contributed by atoms with E-state index in [1.54, 1.807) is 18.9 Å². The summed E-state index contributed by atoms with van der Waals surface area (Å²) in [6.07, 6.45) is 0. The number of hydrogen-bond acceptors (Lipinski definition) is 3. The quantitative estimate of drug-likeness (QED) is 0.742. The summed E-state index contributed by atoms with van der Waals surface area (Å²) in [6.45, 7) is 2.31. The second-order valence-corrected chi connectivity index (χ2v) is 4.38. The van der Waals surface area contributed by atoms with Crippen molar-refractivity contribution in [3.8, 4) is 0 Å². The molecule has 0 heterocycles. The van der Waals surface area contributed by atoms with Gasteiger partial charge in [0.15, 0.2) is 5.78 Å². The Balaban J connectivity index is 2.32. The first-order valence-corrected chi connectivity index (χ1v) is 6.02. The van der Waals surface area contributed by atoms with Crippen molar-refractivity contribution in [1.29, 1.82) is 0 Å². The molecular formula is C12H16O2S. The van der Waals surface area contributed by atoms with Crippen LogP contribution in [-0.2, 0) is 15.3 Å². The van der Waals surface area contributed by atoms with Crippen LogP contribution in [0.2, 0.25) is 0 Å². The highest BCUT2D eigenvalue weighted by Gasteiger charge is 2.02. The third-order valence-electron chi connectivity index (χ3n) is 2.09. The van der Waals surface area contributed by atoms with Crippen LogP contribution in [0.1, 0.15) is 11.1 Å². The molecule has 0 fully saturated rings. The first-order chi connectivity index (χ1) is 7.24. The number of Topliss-reactive ketones (excluding diaryl/α,β-unsaturated/α-hetero) is 1. The molecular weight excluding hydrogens is 208 g/mol. The van der Waals surface area contributed by atoms with Gasteiger partial charge in [-0.1, -0.05) is 24.3 Å². The van der Waals surface area contributed by atoms with E-state index in [-0.39, 0.29) is 12.4 Å². The third kappa shape index (κ3) is 4.49. The Bertz CT molecular complexity index is 323. The van der Waals surface area contributed by atoms with Crippen LogP contribution in [0.5, 0.6) is 0 Å². The van der Waals surface area contributed by atoms with Crippen LogP contribution < -0.4 is 0 Å². The topological polar surface area (TPSA) is 26.3 Å². The molecule has 0 saturated carbocycles. The molecule has 1 rings (SSSR count). The number of thioether (sulfide) groups is 1. The van der Waals surface area contributed by atoms with Gasteiger partial charge in [-0.05, 0) is 18.1 Å². The normalized spacial score (nSPS) is 10.3. The Morgan fingerprint density at radius 1 is 1.40 bits per heavy atom. The molecule has 0 unspecified atom stereocenters. The van der Waals surface area contributed by atoms with Crippen LogP contribution in [0, 0.1) is 6.92 Å². The fourth-order valence-corrected chi connectivity index (χ4v) is 2.21. The molecule has 0 aromatic heterocycles. The maximum absolute atomic E-state index is 11.2. The molecule has 0 N–H and O–H groups in total. The highest BCUT2D eigenvalue weighted by Crippen LogP contribution is 2.15. The molecule has 0 amide bonds. The minimum absolute atomic E-state index is 0.149. The summed E-state index contributed by atoms with van der Waals surface area (Å²) in [5.41, 5.74) is 2.58. The fraction of sp³-hybridized carbons (Fsp3) is 0.417. The lowest BCUT2D eigenvalue weighted by atomic mass is 10.1. The van der Waals surface area contributed by atoms with Crippen LogP contribution >= 0.6 is 11.8 Å². The molecule has 0 aliphatic carbocycles. The second kappa shape index (κ2) is 6.64. The molecule has 0 radical (unpaired) electrons. The number of methoxy groups -OCH3 is 1. The Kier molecular flexibility index (Phi) is 5.43. The fourth-order valence-electron chi connectivity index (χ4n) is 1.25. The van der Waals surface area contributed by atoms with Crippen molar-refractivity contribution in [2.24, 2.45) is 0 Å². The summed E-state index contributed by atoms with van der Waals surface area (Å²) in [4.78, 5) is 11.2. The van der Waals surface area contributed by atoms with Crippen molar-refractivity contribution in [1.82, 2.24) is 0 Å². The number of aryl methyl sites for hydroxylation is 1. The van der Waals surface area contributed by atoms with E-state index in [1.807, 2.05) is 12.1 Å². The summed E-state index contributed by atoms with van der Waals surface area (Å²) in [7, 11) is 1.55. The van der Waals surface area contributed by atoms with Gasteiger partial charge in [0.2, 0.25) is 0 Å². The zero-order valence-corrected chi connectivity index (χ0v) is 9.97. The third-order valence-corrected chi connectivity index (χ3v) is 3.13. The number of ketones is 1. The SMILES string of the molecule is COCC(=O)CSCc1ccccc1C. The van der Waals surface area contributed by atoms with Gasteiger partial charge < -0.3 is 4.74 Å². The number of rotatable bonds is 6. The van der Waals surface area contributed by atoms with Crippen molar-refractivity contribution < 1.29 is 9.53 Å². The average Bonchev–Trinajstić information content (AvgIpc) is 2.21. The maximum Gasteiger partial charge on any atom is 0.168 e. The Morgan fingerprint density at radius 2 is 2.13 bits per heavy atom. The van der Waals surface area contributed by atoms with Gasteiger partial charge in [-0.15, -0.1) is 11.8 Å². The zero-order valence-electron chi connectivity index (χ0n) is 9.16. The molecule has 82 valence electrons. The molecule has 0 aliphatic rings. The van der Waals surface area contributed by atoms with Crippen LogP contribution in [0.4, 0.5) is 0 Å². The lowest BCUT2D eigenvalue weighted by Crippen LogP contribution is -2.09. The lowest BCUT2D eigenvalue weighted by molar-refractivity contribution is -0.120. The van der Waals surface area contributed by atoms with Gasteiger partial charge in [0.05, 0.1) is 5.75 Å². The largest absolute Gasteiger partial charge is 0.377 e. The second-order valence-electron chi connectivity index (χ2n) is 3.39. The summed E-state index contributed by atoms with van der Waals surface area (Å²) in [5.74, 6) is 1.57. The molecule has 0 saturated heterocycles. The maximum atomic E-state index is 11.2. The molecule has 1 aromatic carbocycles. The zero-order chi connectivity index (χ0) is 11.1. The number of ether oxygens (including phenoxy) is 1. The van der Waals surface area contributed by atoms with Crippen LogP contribution in [0.3, 0.4) is 0 Å². The van der Waals surface area contributed by atoms with Gasteiger partial charge in [0.25, 0.3) is 0 Å². The first-order valence-electron chi connectivity index (χ1n) is 4.87. The highest BCUT2D eigenvalue weighted by atomic mass is 32.2. The number of benzene rings is 1. The molecule has 0 atom stereocenters. The van der Waals surface area contributed by atoms with Gasteiger partial charge >= 0.3 is 0 Å². The Hall–Kier alpha value is -0.800. The van der Waals surface area contributed by atoms with Crippen molar-refractivity contribution in [3.63, 3.8) is 0 Å². The molecule has 0 spiro atoms. The standard InChI is InChI=1S/C12H16O2S/c1-10-5-3-4-6-11(10)8-15-9-12(13)7-14-2/h3-6H,7-9H2,1-2H3. The van der Waals surface area contributed by atoms with E-state index < -0.39 is 0 Å². The van der Waals surface area contributed by atoms with E-state index in [1.165, 1.54) is 11.1 Å². The van der Waals surface area contributed by atoms with E-state index in [0.29, 0.717) is 5.75 Å². The van der Waals surface area contributed by atoms with Gasteiger partial charge in [0, 0.05) is 12.9 Å². The van der Waals surface area contributed by atoms with Gasteiger partial charge in [-0.25, -0.2) is 0 Å². The summed E-state index contributed by atoms with van der Waals surface area (Å²) >= 11 is 1.64. The van der Waals surface area contributed by atoms with E-state index in [4.69, 9.17) is 4.74 Å². The van der Waals surface area contributed by atoms with E-state index >= 15 is 0 Å². The van der Waals surface area contributed by atoms with E-state index in [0.717, 1.165) is 5.75 Å². The number of carbonyl (C=O) groups excluding carboxylic acids is 1. The van der Waals surface area contributed by atoms with Crippen molar-refractivity contribution in [2.45, 2.75) is 12.7 Å². The summed E-state index contributed by atoms with van der Waals surface area (Å²) in [5, 5.41) is 0. The van der Waals surface area contributed by atoms with Crippen LogP contribution in [-0.4, -0.2) is 25.3 Å². The predicted molar refractivity (Wildman–Crippen MR) is 64.2 cm³/mol. The summed E-state index contributed by atoms with van der Waals surface area (Å²) < 4.78 is 4.77. The van der Waals surface area contributed by atoms with Crippen LogP contribution in [0.25, 0.3) is 0 Å². The molecule has 3 heteroatoms.